The molecule has 0 bridgehead atoms. The number of nitrogens with zero attached hydrogens (tertiary/aromatic N) is 2. The first-order chi connectivity index (χ1) is 13.4. The van der Waals surface area contributed by atoms with E-state index >= 15 is 0 Å². The molecular formula is C21H16ClN3O2S. The third-order valence-corrected chi connectivity index (χ3v) is 5.49. The number of anilines is 1. The third-order valence-electron chi connectivity index (χ3n) is 4.32. The number of rotatable bonds is 3. The lowest BCUT2D eigenvalue weighted by Gasteiger charge is -2.08. The van der Waals surface area contributed by atoms with Crippen LogP contribution in [-0.4, -0.2) is 15.3 Å². The van der Waals surface area contributed by atoms with Gasteiger partial charge in [-0.05, 0) is 43.2 Å². The highest BCUT2D eigenvalue weighted by Crippen LogP contribution is 2.30. The van der Waals surface area contributed by atoms with Gasteiger partial charge < -0.3 is 5.32 Å². The molecule has 7 heteroatoms. The summed E-state index contributed by atoms with van der Waals surface area (Å²) in [7, 11) is 0. The molecule has 0 saturated carbocycles. The van der Waals surface area contributed by atoms with Gasteiger partial charge in [0.25, 0.3) is 11.5 Å². The van der Waals surface area contributed by atoms with Crippen LogP contribution in [0.1, 0.15) is 21.5 Å². The lowest BCUT2D eigenvalue weighted by atomic mass is 10.1. The number of halogens is 1. The number of carbonyl (C=O) groups is 1. The van der Waals surface area contributed by atoms with Crippen molar-refractivity contribution in [2.45, 2.75) is 13.8 Å². The van der Waals surface area contributed by atoms with Crippen molar-refractivity contribution < 1.29 is 4.79 Å². The number of hydrogen-bond donors (Lipinski definition) is 1. The zero-order valence-electron chi connectivity index (χ0n) is 15.2. The Morgan fingerprint density at radius 3 is 2.57 bits per heavy atom. The number of aromatic nitrogens is 2. The van der Waals surface area contributed by atoms with Gasteiger partial charge in [-0.25, -0.2) is 4.98 Å². The maximum absolute atomic E-state index is 13.1. The zero-order valence-corrected chi connectivity index (χ0v) is 16.8. The average molecular weight is 410 g/mol. The Hall–Kier alpha value is -2.96. The Kier molecular flexibility index (Phi) is 4.75. The minimum atomic E-state index is -0.492. The molecule has 2 aromatic heterocycles. The third kappa shape index (κ3) is 3.32. The van der Waals surface area contributed by atoms with Crippen molar-refractivity contribution in [3.8, 4) is 11.3 Å². The van der Waals surface area contributed by atoms with E-state index in [4.69, 9.17) is 11.6 Å². The number of benzene rings is 2. The summed E-state index contributed by atoms with van der Waals surface area (Å²) in [6.45, 7) is 3.90. The predicted octanol–water partition coefficient (Wildman–Crippen LogP) is 4.95. The summed E-state index contributed by atoms with van der Waals surface area (Å²) in [6.07, 6.45) is 1.32. The smallest absolute Gasteiger partial charge is 0.271 e. The Morgan fingerprint density at radius 1 is 1.14 bits per heavy atom. The second-order valence-corrected chi connectivity index (χ2v) is 7.77. The number of thiazole rings is 1. The molecule has 0 fully saturated rings. The molecular weight excluding hydrogens is 394 g/mol. The van der Waals surface area contributed by atoms with Crippen molar-refractivity contribution in [3.63, 3.8) is 0 Å². The number of nitrogens with one attached hydrogen (secondary N) is 1. The summed E-state index contributed by atoms with van der Waals surface area (Å²) in [4.78, 5) is 30.6. The molecule has 140 valence electrons. The minimum Gasteiger partial charge on any atom is -0.322 e. The van der Waals surface area contributed by atoms with Crippen molar-refractivity contribution in [2.24, 2.45) is 0 Å². The largest absolute Gasteiger partial charge is 0.322 e. The van der Waals surface area contributed by atoms with E-state index in [1.807, 2.05) is 55.6 Å². The Bertz CT molecular complexity index is 1260. The quantitative estimate of drug-likeness (QED) is 0.521. The number of aryl methyl sites for hydroxylation is 2. The van der Waals surface area contributed by atoms with E-state index < -0.39 is 11.5 Å². The van der Waals surface area contributed by atoms with Crippen LogP contribution < -0.4 is 10.9 Å². The highest BCUT2D eigenvalue weighted by molar-refractivity contribution is 7.15. The fourth-order valence-electron chi connectivity index (χ4n) is 3.15. The minimum absolute atomic E-state index is 0.0247. The molecule has 0 radical (unpaired) electrons. The van der Waals surface area contributed by atoms with Crippen LogP contribution in [0.5, 0.6) is 0 Å². The molecule has 0 aliphatic carbocycles. The second kappa shape index (κ2) is 7.22. The highest BCUT2D eigenvalue weighted by atomic mass is 35.5. The molecule has 28 heavy (non-hydrogen) atoms. The van der Waals surface area contributed by atoms with Crippen molar-refractivity contribution in [1.29, 1.82) is 0 Å². The monoisotopic (exact) mass is 409 g/mol. The molecule has 5 nitrogen and oxygen atoms in total. The van der Waals surface area contributed by atoms with E-state index in [-0.39, 0.29) is 5.56 Å². The van der Waals surface area contributed by atoms with E-state index in [1.165, 1.54) is 21.9 Å². The van der Waals surface area contributed by atoms with Gasteiger partial charge in [-0.15, -0.1) is 11.3 Å². The average Bonchev–Trinajstić information content (AvgIpc) is 3.06. The number of fused-ring (bicyclic) bond motifs is 1. The first-order valence-corrected chi connectivity index (χ1v) is 9.83. The van der Waals surface area contributed by atoms with Gasteiger partial charge in [0, 0.05) is 27.9 Å². The Labute approximate surface area is 170 Å². The summed E-state index contributed by atoms with van der Waals surface area (Å²) in [5.41, 5.74) is 3.57. The van der Waals surface area contributed by atoms with Crippen molar-refractivity contribution in [3.05, 3.63) is 86.1 Å². The summed E-state index contributed by atoms with van der Waals surface area (Å²) >= 11 is 7.62. The summed E-state index contributed by atoms with van der Waals surface area (Å²) in [5.74, 6) is -0.492. The molecule has 0 spiro atoms. The van der Waals surface area contributed by atoms with Crippen LogP contribution >= 0.6 is 22.9 Å². The van der Waals surface area contributed by atoms with Crippen molar-refractivity contribution in [2.75, 3.05) is 5.32 Å². The molecule has 4 rings (SSSR count). The fourth-order valence-corrected chi connectivity index (χ4v) is 4.23. The summed E-state index contributed by atoms with van der Waals surface area (Å²) in [5, 5.41) is 5.14. The van der Waals surface area contributed by atoms with Crippen LogP contribution in [0.4, 0.5) is 5.69 Å². The molecule has 2 aromatic carbocycles. The van der Waals surface area contributed by atoms with E-state index in [2.05, 4.69) is 10.3 Å². The van der Waals surface area contributed by atoms with E-state index in [0.717, 1.165) is 11.1 Å². The lowest BCUT2D eigenvalue weighted by molar-refractivity contribution is 0.102. The van der Waals surface area contributed by atoms with E-state index in [1.54, 1.807) is 6.07 Å². The van der Waals surface area contributed by atoms with Crippen LogP contribution in [0, 0.1) is 13.8 Å². The fraction of sp³-hybridized carbons (Fsp3) is 0.0952. The normalized spacial score (nSPS) is 11.0. The van der Waals surface area contributed by atoms with Crippen LogP contribution in [0.15, 0.2) is 58.8 Å². The van der Waals surface area contributed by atoms with Crippen LogP contribution in [-0.2, 0) is 0 Å². The molecule has 2 heterocycles. The second-order valence-electron chi connectivity index (χ2n) is 6.53. The molecule has 1 amide bonds. The van der Waals surface area contributed by atoms with Crippen molar-refractivity contribution in [1.82, 2.24) is 9.38 Å². The molecule has 0 atom stereocenters. The van der Waals surface area contributed by atoms with E-state index in [0.29, 0.717) is 26.9 Å². The Morgan fingerprint density at radius 2 is 1.86 bits per heavy atom. The zero-order chi connectivity index (χ0) is 19.8. The Balaban J connectivity index is 1.79. The molecule has 0 unspecified atom stereocenters. The molecule has 0 saturated heterocycles. The van der Waals surface area contributed by atoms with Gasteiger partial charge >= 0.3 is 0 Å². The highest BCUT2D eigenvalue weighted by Gasteiger charge is 2.18. The standard InChI is InChI=1S/C21H16ClN3O2S/c1-12-7-13(2)9-14(8-12)24-19(26)16-10-23-21-25(20(16)27)18(11-28-21)15-5-3-4-6-17(15)22/h3-11H,1-2H3,(H,24,26). The maximum Gasteiger partial charge on any atom is 0.271 e. The maximum atomic E-state index is 13.1. The molecule has 4 aromatic rings. The van der Waals surface area contributed by atoms with Gasteiger partial charge in [-0.1, -0.05) is 35.9 Å². The van der Waals surface area contributed by atoms with Gasteiger partial charge in [0.2, 0.25) is 0 Å². The van der Waals surface area contributed by atoms with E-state index in [9.17, 15) is 9.59 Å². The van der Waals surface area contributed by atoms with Crippen molar-refractivity contribution >= 4 is 39.5 Å². The first kappa shape index (κ1) is 18.4. The number of carbonyl (C=O) groups excluding carboxylic acids is 1. The van der Waals surface area contributed by atoms with Crippen LogP contribution in [0.2, 0.25) is 5.02 Å². The molecule has 0 aliphatic rings. The van der Waals surface area contributed by atoms with Crippen LogP contribution in [0.25, 0.3) is 16.2 Å². The van der Waals surface area contributed by atoms with Gasteiger partial charge in [0.15, 0.2) is 4.96 Å². The first-order valence-electron chi connectivity index (χ1n) is 8.58. The van der Waals surface area contributed by atoms with Crippen LogP contribution in [0.3, 0.4) is 0 Å². The van der Waals surface area contributed by atoms with Gasteiger partial charge in [-0.2, -0.15) is 0 Å². The van der Waals surface area contributed by atoms with Gasteiger partial charge in [0.05, 0.1) is 5.69 Å². The SMILES string of the molecule is Cc1cc(C)cc(NC(=O)c2cnc3scc(-c4ccccc4Cl)n3c2=O)c1. The van der Waals surface area contributed by atoms with Gasteiger partial charge in [0.1, 0.15) is 5.56 Å². The van der Waals surface area contributed by atoms with Gasteiger partial charge in [-0.3, -0.25) is 14.0 Å². The molecule has 0 aliphatic heterocycles. The summed E-state index contributed by atoms with van der Waals surface area (Å²) in [6, 6.07) is 13.0. The number of amides is 1. The molecule has 1 N–H and O–H groups in total. The summed E-state index contributed by atoms with van der Waals surface area (Å²) < 4.78 is 1.43. The number of hydrogen-bond acceptors (Lipinski definition) is 4. The topological polar surface area (TPSA) is 63.5 Å². The predicted molar refractivity (Wildman–Crippen MR) is 114 cm³/mol. The lowest BCUT2D eigenvalue weighted by Crippen LogP contribution is -2.26.